The maximum atomic E-state index is 12.8. The number of carbonyl (C=O) groups is 1. The third-order valence-corrected chi connectivity index (χ3v) is 6.13. The zero-order valence-corrected chi connectivity index (χ0v) is 17.3. The van der Waals surface area contributed by atoms with E-state index in [0.29, 0.717) is 6.54 Å². The third-order valence-electron chi connectivity index (χ3n) is 6.13. The van der Waals surface area contributed by atoms with Crippen molar-refractivity contribution < 1.29 is 4.79 Å². The van der Waals surface area contributed by atoms with Gasteiger partial charge in [-0.25, -0.2) is 0 Å². The zero-order chi connectivity index (χ0) is 19.1. The molecule has 0 radical (unpaired) electrons. The van der Waals surface area contributed by atoms with E-state index >= 15 is 0 Å². The van der Waals surface area contributed by atoms with Gasteiger partial charge in [0.1, 0.15) is 0 Å². The molecule has 1 N–H and O–H groups in total. The second kappa shape index (κ2) is 10.2. The Balaban J connectivity index is 1.58. The van der Waals surface area contributed by atoms with Crippen LogP contribution in [0.5, 0.6) is 0 Å². The molecule has 4 nitrogen and oxygen atoms in total. The van der Waals surface area contributed by atoms with Crippen LogP contribution in [0.1, 0.15) is 63.5 Å². The third kappa shape index (κ3) is 5.79. The molecule has 150 valence electrons. The van der Waals surface area contributed by atoms with Crippen LogP contribution in [0.4, 0.5) is 0 Å². The van der Waals surface area contributed by atoms with Crippen molar-refractivity contribution in [2.75, 3.05) is 26.2 Å². The number of piperidine rings is 2. The van der Waals surface area contributed by atoms with Crippen molar-refractivity contribution in [2.45, 2.75) is 71.5 Å². The molecule has 1 aromatic carbocycles. The normalized spacial score (nSPS) is 24.7. The van der Waals surface area contributed by atoms with Crippen molar-refractivity contribution in [3.63, 3.8) is 0 Å². The van der Waals surface area contributed by atoms with Gasteiger partial charge >= 0.3 is 0 Å². The van der Waals surface area contributed by atoms with Crippen LogP contribution in [0.25, 0.3) is 0 Å². The number of rotatable bonds is 7. The van der Waals surface area contributed by atoms with E-state index in [0.717, 1.165) is 38.4 Å². The molecule has 2 aliphatic rings. The van der Waals surface area contributed by atoms with E-state index in [1.807, 2.05) is 0 Å². The molecule has 0 aromatic heterocycles. The lowest BCUT2D eigenvalue weighted by Crippen LogP contribution is -2.49. The summed E-state index contributed by atoms with van der Waals surface area (Å²) in [4.78, 5) is 17.8. The van der Waals surface area contributed by atoms with Gasteiger partial charge in [-0.1, -0.05) is 44.5 Å². The Morgan fingerprint density at radius 1 is 1.11 bits per heavy atom. The Kier molecular flexibility index (Phi) is 7.71. The molecule has 2 unspecified atom stereocenters. The summed E-state index contributed by atoms with van der Waals surface area (Å²) in [5.74, 6) is 1.01. The van der Waals surface area contributed by atoms with Crippen molar-refractivity contribution in [1.82, 2.24) is 15.1 Å². The van der Waals surface area contributed by atoms with E-state index in [4.69, 9.17) is 0 Å². The number of hydrogen-bond donors (Lipinski definition) is 1. The summed E-state index contributed by atoms with van der Waals surface area (Å²) in [7, 11) is 0. The van der Waals surface area contributed by atoms with Crippen LogP contribution in [0.3, 0.4) is 0 Å². The van der Waals surface area contributed by atoms with Gasteiger partial charge in [-0.3, -0.25) is 14.6 Å². The number of likely N-dealkylation sites (tertiary alicyclic amines) is 2. The minimum Gasteiger partial charge on any atom is -0.351 e. The molecule has 27 heavy (non-hydrogen) atoms. The molecule has 0 spiro atoms. The summed E-state index contributed by atoms with van der Waals surface area (Å²) in [6.07, 6.45) is 7.15. The largest absolute Gasteiger partial charge is 0.351 e. The van der Waals surface area contributed by atoms with E-state index in [2.05, 4.69) is 53.2 Å². The monoisotopic (exact) mass is 371 g/mol. The highest BCUT2D eigenvalue weighted by molar-refractivity contribution is 5.81. The van der Waals surface area contributed by atoms with E-state index in [1.165, 1.54) is 49.9 Å². The van der Waals surface area contributed by atoms with Gasteiger partial charge in [0.15, 0.2) is 0 Å². The molecule has 0 saturated carbocycles. The van der Waals surface area contributed by atoms with Crippen molar-refractivity contribution in [2.24, 2.45) is 5.92 Å². The van der Waals surface area contributed by atoms with E-state index in [1.54, 1.807) is 0 Å². The molecule has 1 aromatic rings. The molecule has 1 amide bonds. The van der Waals surface area contributed by atoms with E-state index in [-0.39, 0.29) is 11.9 Å². The number of nitrogens with one attached hydrogen (secondary N) is 1. The second-order valence-corrected chi connectivity index (χ2v) is 8.52. The first-order valence-corrected chi connectivity index (χ1v) is 11.0. The van der Waals surface area contributed by atoms with E-state index in [9.17, 15) is 4.79 Å². The molecule has 2 aliphatic heterocycles. The first-order valence-electron chi connectivity index (χ1n) is 11.0. The van der Waals surface area contributed by atoms with Crippen molar-refractivity contribution in [1.29, 1.82) is 0 Å². The Bertz CT molecular complexity index is 601. The zero-order valence-electron chi connectivity index (χ0n) is 17.3. The Hall–Kier alpha value is -1.39. The van der Waals surface area contributed by atoms with Crippen molar-refractivity contribution in [3.05, 3.63) is 35.4 Å². The van der Waals surface area contributed by atoms with Crippen LogP contribution in [-0.4, -0.2) is 47.9 Å². The fraction of sp³-hybridized carbons (Fsp3) is 0.696. The lowest BCUT2D eigenvalue weighted by molar-refractivity contribution is -0.127. The molecule has 2 saturated heterocycles. The van der Waals surface area contributed by atoms with E-state index < -0.39 is 0 Å². The summed E-state index contributed by atoms with van der Waals surface area (Å²) in [6, 6.07) is 8.68. The lowest BCUT2D eigenvalue weighted by Gasteiger charge is -2.34. The summed E-state index contributed by atoms with van der Waals surface area (Å²) in [5.41, 5.74) is 2.63. The smallest absolute Gasteiger partial charge is 0.237 e. The molecular formula is C23H37N3O. The molecule has 2 heterocycles. The Labute approximate surface area is 165 Å². The first kappa shape index (κ1) is 20.3. The van der Waals surface area contributed by atoms with Gasteiger partial charge < -0.3 is 5.32 Å². The second-order valence-electron chi connectivity index (χ2n) is 8.52. The first-order chi connectivity index (χ1) is 13.2. The predicted molar refractivity (Wildman–Crippen MR) is 111 cm³/mol. The minimum absolute atomic E-state index is 0.0637. The number of nitrogens with zero attached hydrogens (tertiary/aromatic N) is 2. The van der Waals surface area contributed by atoms with Gasteiger partial charge in [-0.2, -0.15) is 0 Å². The summed E-state index contributed by atoms with van der Waals surface area (Å²) < 4.78 is 0. The summed E-state index contributed by atoms with van der Waals surface area (Å²) >= 11 is 0. The molecule has 2 fully saturated rings. The number of amides is 1. The SMILES string of the molecule is CCCN1CCCCC1C(=O)NCc1ccccc1CN1CCCC(C)C1. The molecular weight excluding hydrogens is 334 g/mol. The van der Waals surface area contributed by atoms with Crippen molar-refractivity contribution in [3.8, 4) is 0 Å². The maximum Gasteiger partial charge on any atom is 0.237 e. The lowest BCUT2D eigenvalue weighted by atomic mass is 9.98. The fourth-order valence-corrected chi connectivity index (χ4v) is 4.70. The highest BCUT2D eigenvalue weighted by Gasteiger charge is 2.27. The topological polar surface area (TPSA) is 35.6 Å². The van der Waals surface area contributed by atoms with Crippen LogP contribution in [0, 0.1) is 5.92 Å². The average molecular weight is 372 g/mol. The summed E-state index contributed by atoms with van der Waals surface area (Å²) in [6.45, 7) is 10.7. The van der Waals surface area contributed by atoms with Gasteiger partial charge in [0, 0.05) is 19.6 Å². The van der Waals surface area contributed by atoms with Crippen LogP contribution >= 0.6 is 0 Å². The Morgan fingerprint density at radius 3 is 2.70 bits per heavy atom. The van der Waals surface area contributed by atoms with Crippen LogP contribution < -0.4 is 5.32 Å². The number of carbonyl (C=O) groups excluding carboxylic acids is 1. The quantitative estimate of drug-likeness (QED) is 0.792. The van der Waals surface area contributed by atoms with Gasteiger partial charge in [-0.15, -0.1) is 0 Å². The molecule has 2 atom stereocenters. The van der Waals surface area contributed by atoms with Crippen LogP contribution in [-0.2, 0) is 17.9 Å². The van der Waals surface area contributed by atoms with Gasteiger partial charge in [-0.05, 0) is 68.8 Å². The van der Waals surface area contributed by atoms with Gasteiger partial charge in [0.05, 0.1) is 6.04 Å². The number of hydrogen-bond acceptors (Lipinski definition) is 3. The van der Waals surface area contributed by atoms with Gasteiger partial charge in [0.25, 0.3) is 0 Å². The molecule has 0 aliphatic carbocycles. The molecule has 3 rings (SSSR count). The maximum absolute atomic E-state index is 12.8. The highest BCUT2D eigenvalue weighted by atomic mass is 16.2. The van der Waals surface area contributed by atoms with Crippen LogP contribution in [0.15, 0.2) is 24.3 Å². The van der Waals surface area contributed by atoms with Crippen molar-refractivity contribution >= 4 is 5.91 Å². The minimum atomic E-state index is 0.0637. The Morgan fingerprint density at radius 2 is 1.93 bits per heavy atom. The van der Waals surface area contributed by atoms with Gasteiger partial charge in [0.2, 0.25) is 5.91 Å². The summed E-state index contributed by atoms with van der Waals surface area (Å²) in [5, 5.41) is 3.24. The predicted octanol–water partition coefficient (Wildman–Crippen LogP) is 3.80. The fourth-order valence-electron chi connectivity index (χ4n) is 4.70. The van der Waals surface area contributed by atoms with Crippen LogP contribution in [0.2, 0.25) is 0 Å². The standard InChI is InChI=1S/C23H37N3O/c1-3-13-26-15-7-6-12-22(26)23(27)24-16-20-10-4-5-11-21(20)18-25-14-8-9-19(2)17-25/h4-5,10-11,19,22H,3,6-9,12-18H2,1-2H3,(H,24,27). The molecule has 0 bridgehead atoms. The average Bonchev–Trinajstić information content (AvgIpc) is 2.68. The highest BCUT2D eigenvalue weighted by Crippen LogP contribution is 2.20. The molecule has 4 heteroatoms. The number of benzene rings is 1.